The van der Waals surface area contributed by atoms with Gasteiger partial charge in [0.25, 0.3) is 0 Å². The minimum atomic E-state index is -1.89. The lowest BCUT2D eigenvalue weighted by atomic mass is 9.97. The molecule has 0 saturated carbocycles. The molecule has 0 spiro atoms. The van der Waals surface area contributed by atoms with E-state index in [1.807, 2.05) is 0 Å². The van der Waals surface area contributed by atoms with Gasteiger partial charge in [-0.2, -0.15) is 0 Å². The van der Waals surface area contributed by atoms with Gasteiger partial charge in [0.15, 0.2) is 18.7 Å². The zero-order valence-corrected chi connectivity index (χ0v) is 12.0. The third kappa shape index (κ3) is 3.47. The number of carboxylic acids is 1. The minimum absolute atomic E-state index is 0.926. The maximum Gasteiger partial charge on any atom is 0.335 e. The Morgan fingerprint density at radius 3 is 2.04 bits per heavy atom. The molecule has 11 heteroatoms. The van der Waals surface area contributed by atoms with Gasteiger partial charge in [-0.3, -0.25) is 0 Å². The lowest BCUT2D eigenvalue weighted by Crippen LogP contribution is -2.64. The highest BCUT2D eigenvalue weighted by molar-refractivity contribution is 5.73. The normalized spacial score (nSPS) is 51.4. The van der Waals surface area contributed by atoms with Crippen LogP contribution in [-0.2, 0) is 19.0 Å². The Bertz CT molecular complexity index is 417. The topological polar surface area (TPSA) is 186 Å². The van der Waals surface area contributed by atoms with E-state index < -0.39 is 67.4 Å². The fourth-order valence-electron chi connectivity index (χ4n) is 2.49. The van der Waals surface area contributed by atoms with Gasteiger partial charge in [0, 0.05) is 0 Å². The molecular formula is C12H20O11. The Morgan fingerprint density at radius 2 is 1.48 bits per heavy atom. The molecule has 1 unspecified atom stereocenters. The second-order valence-electron chi connectivity index (χ2n) is 5.55. The Hall–Kier alpha value is -0.890. The van der Waals surface area contributed by atoms with Crippen LogP contribution in [0, 0.1) is 0 Å². The van der Waals surface area contributed by atoms with Crippen molar-refractivity contribution >= 4 is 5.97 Å². The summed E-state index contributed by atoms with van der Waals surface area (Å²) in [5, 5.41) is 67.3. The van der Waals surface area contributed by atoms with Crippen molar-refractivity contribution in [1.29, 1.82) is 0 Å². The van der Waals surface area contributed by atoms with Crippen molar-refractivity contribution in [2.24, 2.45) is 0 Å². The molecule has 23 heavy (non-hydrogen) atoms. The number of hydrogen-bond donors (Lipinski definition) is 7. The average molecular weight is 340 g/mol. The molecule has 0 aromatic carbocycles. The molecule has 0 aromatic rings. The second-order valence-corrected chi connectivity index (χ2v) is 5.55. The lowest BCUT2D eigenvalue weighted by Gasteiger charge is -2.44. The summed E-state index contributed by atoms with van der Waals surface area (Å²) in [5.74, 6) is -1.60. The molecule has 0 aromatic heterocycles. The fourth-order valence-corrected chi connectivity index (χ4v) is 2.49. The van der Waals surface area contributed by atoms with Gasteiger partial charge in [-0.05, 0) is 6.92 Å². The van der Waals surface area contributed by atoms with E-state index in [-0.39, 0.29) is 0 Å². The molecule has 0 amide bonds. The molecule has 0 aliphatic carbocycles. The molecule has 2 rings (SSSR count). The van der Waals surface area contributed by atoms with E-state index in [1.54, 1.807) is 0 Å². The summed E-state index contributed by atoms with van der Waals surface area (Å²) in [6.45, 7) is 1.40. The van der Waals surface area contributed by atoms with E-state index in [2.05, 4.69) is 0 Å². The molecule has 2 heterocycles. The molecule has 2 aliphatic heterocycles. The summed E-state index contributed by atoms with van der Waals surface area (Å²) in [6.07, 6.45) is -16.5. The van der Waals surface area contributed by atoms with Gasteiger partial charge in [0.1, 0.15) is 36.6 Å². The fraction of sp³-hybridized carbons (Fsp3) is 0.917. The number of hydrogen-bond acceptors (Lipinski definition) is 10. The Labute approximate surface area is 130 Å². The molecule has 134 valence electrons. The van der Waals surface area contributed by atoms with Crippen LogP contribution in [0.2, 0.25) is 0 Å². The summed E-state index contributed by atoms with van der Waals surface area (Å²) in [5.41, 5.74) is 0. The third-order valence-electron chi connectivity index (χ3n) is 3.90. The van der Waals surface area contributed by atoms with Crippen LogP contribution in [-0.4, -0.2) is 103 Å². The van der Waals surface area contributed by atoms with Crippen molar-refractivity contribution < 1.29 is 54.8 Å². The molecule has 7 N–H and O–H groups in total. The van der Waals surface area contributed by atoms with Gasteiger partial charge in [0.05, 0.1) is 6.10 Å². The van der Waals surface area contributed by atoms with Crippen LogP contribution in [0.3, 0.4) is 0 Å². The smallest absolute Gasteiger partial charge is 0.335 e. The first-order chi connectivity index (χ1) is 10.6. The van der Waals surface area contributed by atoms with Gasteiger partial charge < -0.3 is 50.0 Å². The molecule has 2 saturated heterocycles. The largest absolute Gasteiger partial charge is 0.479 e. The van der Waals surface area contributed by atoms with Gasteiger partial charge in [-0.1, -0.05) is 0 Å². The summed E-state index contributed by atoms with van der Waals surface area (Å²) in [6, 6.07) is 0. The van der Waals surface area contributed by atoms with Crippen LogP contribution < -0.4 is 0 Å². The second kappa shape index (κ2) is 6.93. The van der Waals surface area contributed by atoms with Crippen molar-refractivity contribution in [2.45, 2.75) is 68.3 Å². The zero-order valence-electron chi connectivity index (χ0n) is 12.0. The van der Waals surface area contributed by atoms with E-state index >= 15 is 0 Å². The molecule has 0 bridgehead atoms. The van der Waals surface area contributed by atoms with E-state index in [1.165, 1.54) is 6.92 Å². The standard InChI is InChI=1S/C12H20O11/c1-2-3(13)8(7(17)11(20)21-2)22-12-6(16)4(14)5(15)9(23-12)10(18)19/h2-9,11-17,20H,1H3,(H,18,19)/t2-,3-,4-,5-,6+,7+,8+,9-,11?,12+/m0/s1. The SMILES string of the molecule is C[C@@H]1OC(O)[C@H](O)[C@H](O[C@@H]2O[C@H](C(=O)O)[C@@H](O)[C@H](O)[C@H]2O)[C@H]1O. The maximum atomic E-state index is 11.0. The Morgan fingerprint density at radius 1 is 0.870 bits per heavy atom. The maximum absolute atomic E-state index is 11.0. The number of aliphatic carboxylic acids is 1. The number of carboxylic acid groups (broad SMARTS) is 1. The first-order valence-corrected chi connectivity index (χ1v) is 6.92. The molecule has 11 nitrogen and oxygen atoms in total. The summed E-state index contributed by atoms with van der Waals surface area (Å²) >= 11 is 0. The van der Waals surface area contributed by atoms with Crippen molar-refractivity contribution in [3.05, 3.63) is 0 Å². The van der Waals surface area contributed by atoms with E-state index in [0.717, 1.165) is 0 Å². The summed E-state index contributed by atoms with van der Waals surface area (Å²) in [7, 11) is 0. The number of aliphatic hydroxyl groups is 6. The first-order valence-electron chi connectivity index (χ1n) is 6.92. The predicted octanol–water partition coefficient (Wildman–Crippen LogP) is -4.28. The minimum Gasteiger partial charge on any atom is -0.479 e. The van der Waals surface area contributed by atoms with E-state index in [9.17, 15) is 35.4 Å². The van der Waals surface area contributed by atoms with Crippen LogP contribution in [0.5, 0.6) is 0 Å². The summed E-state index contributed by atoms with van der Waals surface area (Å²) in [4.78, 5) is 11.0. The monoisotopic (exact) mass is 340 g/mol. The highest BCUT2D eigenvalue weighted by atomic mass is 16.7. The van der Waals surface area contributed by atoms with Crippen LogP contribution in [0.25, 0.3) is 0 Å². The highest BCUT2D eigenvalue weighted by Crippen LogP contribution is 2.28. The number of rotatable bonds is 3. The van der Waals surface area contributed by atoms with Crippen molar-refractivity contribution in [3.63, 3.8) is 0 Å². The first kappa shape index (κ1) is 18.4. The van der Waals surface area contributed by atoms with Gasteiger partial charge in [0.2, 0.25) is 0 Å². The molecule has 10 atom stereocenters. The Balaban J connectivity index is 2.15. The van der Waals surface area contributed by atoms with E-state index in [4.69, 9.17) is 19.3 Å². The molecule has 0 radical (unpaired) electrons. The molecule has 2 aliphatic rings. The van der Waals surface area contributed by atoms with Crippen molar-refractivity contribution in [3.8, 4) is 0 Å². The van der Waals surface area contributed by atoms with Crippen LogP contribution in [0.4, 0.5) is 0 Å². The predicted molar refractivity (Wildman–Crippen MR) is 67.8 cm³/mol. The molecule has 2 fully saturated rings. The lowest BCUT2D eigenvalue weighted by molar-refractivity contribution is -0.348. The number of ether oxygens (including phenoxy) is 3. The molecular weight excluding hydrogens is 320 g/mol. The van der Waals surface area contributed by atoms with Crippen LogP contribution in [0.15, 0.2) is 0 Å². The van der Waals surface area contributed by atoms with Crippen LogP contribution in [0.1, 0.15) is 6.92 Å². The average Bonchev–Trinajstić information content (AvgIpc) is 2.49. The van der Waals surface area contributed by atoms with Gasteiger partial charge >= 0.3 is 5.97 Å². The quantitative estimate of drug-likeness (QED) is 0.263. The van der Waals surface area contributed by atoms with E-state index in [0.29, 0.717) is 0 Å². The van der Waals surface area contributed by atoms with Crippen molar-refractivity contribution in [1.82, 2.24) is 0 Å². The summed E-state index contributed by atoms with van der Waals surface area (Å²) < 4.78 is 14.9. The van der Waals surface area contributed by atoms with Gasteiger partial charge in [-0.25, -0.2) is 4.79 Å². The zero-order chi connectivity index (χ0) is 17.5. The highest BCUT2D eigenvalue weighted by Gasteiger charge is 2.51. The number of aliphatic hydroxyl groups excluding tert-OH is 6. The Kier molecular flexibility index (Phi) is 5.56. The third-order valence-corrected chi connectivity index (χ3v) is 3.90. The number of carbonyl (C=O) groups is 1. The van der Waals surface area contributed by atoms with Gasteiger partial charge in [-0.15, -0.1) is 0 Å². The van der Waals surface area contributed by atoms with Crippen LogP contribution >= 0.6 is 0 Å². The van der Waals surface area contributed by atoms with Crippen molar-refractivity contribution in [2.75, 3.05) is 0 Å².